The van der Waals surface area contributed by atoms with E-state index in [2.05, 4.69) is 6.58 Å². The van der Waals surface area contributed by atoms with Gasteiger partial charge >= 0.3 is 11.9 Å². The zero-order valence-corrected chi connectivity index (χ0v) is 14.9. The first-order chi connectivity index (χ1) is 11.4. The number of hydrogen-bond donors (Lipinski definition) is 2. The summed E-state index contributed by atoms with van der Waals surface area (Å²) in [6, 6.07) is 0. The van der Waals surface area contributed by atoms with Gasteiger partial charge in [-0.05, 0) is 13.8 Å². The Hall–Kier alpha value is -1.15. The van der Waals surface area contributed by atoms with Gasteiger partial charge in [0.1, 0.15) is 23.9 Å². The molecule has 7 nitrogen and oxygen atoms in total. The van der Waals surface area contributed by atoms with Crippen LogP contribution in [0.2, 0.25) is 0 Å². The summed E-state index contributed by atoms with van der Waals surface area (Å²) in [5, 5.41) is 21.5. The van der Waals surface area contributed by atoms with E-state index in [1.807, 2.05) is 0 Å². The third-order valence-corrected chi connectivity index (χ3v) is 7.02. The van der Waals surface area contributed by atoms with Crippen LogP contribution in [0.4, 0.5) is 0 Å². The Balaban J connectivity index is 1.87. The molecule has 138 valence electrons. The third-order valence-electron chi connectivity index (χ3n) is 6.35. The van der Waals surface area contributed by atoms with Crippen LogP contribution in [-0.4, -0.2) is 62.6 Å². The van der Waals surface area contributed by atoms with Gasteiger partial charge in [-0.3, -0.25) is 4.79 Å². The molecule has 4 fully saturated rings. The molecule has 4 rings (SSSR count). The summed E-state index contributed by atoms with van der Waals surface area (Å²) in [4.78, 5) is 23.7. The van der Waals surface area contributed by atoms with Crippen LogP contribution in [-0.2, 0) is 23.8 Å². The highest BCUT2D eigenvalue weighted by molar-refractivity contribution is 6.22. The van der Waals surface area contributed by atoms with Crippen LogP contribution in [0.3, 0.4) is 0 Å². The van der Waals surface area contributed by atoms with E-state index in [1.165, 1.54) is 6.92 Å². The average Bonchev–Trinajstić information content (AvgIpc) is 3.10. The van der Waals surface area contributed by atoms with Gasteiger partial charge in [0.25, 0.3) is 0 Å². The van der Waals surface area contributed by atoms with Crippen molar-refractivity contribution < 1.29 is 34.0 Å². The van der Waals surface area contributed by atoms with Gasteiger partial charge in [-0.1, -0.05) is 6.58 Å². The lowest BCUT2D eigenvalue weighted by Gasteiger charge is -2.40. The predicted molar refractivity (Wildman–Crippen MR) is 84.7 cm³/mol. The number of ether oxygens (including phenoxy) is 3. The molecule has 2 saturated carbocycles. The summed E-state index contributed by atoms with van der Waals surface area (Å²) in [7, 11) is 0. The first-order valence-corrected chi connectivity index (χ1v) is 8.72. The molecule has 0 amide bonds. The molecule has 0 radical (unpaired) electrons. The Labute approximate surface area is 149 Å². The lowest BCUT2D eigenvalue weighted by atomic mass is 9.73. The van der Waals surface area contributed by atoms with Crippen LogP contribution in [0.1, 0.15) is 27.2 Å². The van der Waals surface area contributed by atoms with Gasteiger partial charge in [-0.15, -0.1) is 11.6 Å². The Morgan fingerprint density at radius 2 is 2.04 bits per heavy atom. The van der Waals surface area contributed by atoms with E-state index in [-0.39, 0.29) is 12.0 Å². The highest BCUT2D eigenvalue weighted by Gasteiger charge is 2.86. The molecule has 2 saturated heterocycles. The number of alkyl halides is 1. The van der Waals surface area contributed by atoms with Gasteiger partial charge in [0.15, 0.2) is 0 Å². The molecule has 0 aromatic heterocycles. The molecule has 25 heavy (non-hydrogen) atoms. The standard InChI is InChI=1S/C17H21ClO7/c1-6-9-8(23-7(2)19)5-15(3,21)17-11(10(9)24-14(6)20)16(4,22)12(18)13(17)25-17/h8-13,21-22H,1,5H2,2-4H3/t8-,9+,10-,11-,12-,13-,15+,16-,17+/m0/s1. The highest BCUT2D eigenvalue weighted by atomic mass is 35.5. The lowest BCUT2D eigenvalue weighted by Crippen LogP contribution is -2.56. The van der Waals surface area contributed by atoms with Crippen LogP contribution >= 0.6 is 11.6 Å². The maximum absolute atomic E-state index is 12.2. The van der Waals surface area contributed by atoms with Crippen LogP contribution in [0, 0.1) is 11.8 Å². The van der Waals surface area contributed by atoms with E-state index in [0.717, 1.165) is 0 Å². The average molecular weight is 373 g/mol. The summed E-state index contributed by atoms with van der Waals surface area (Å²) >= 11 is 6.40. The van der Waals surface area contributed by atoms with Gasteiger partial charge in [-0.25, -0.2) is 4.79 Å². The number of hydrogen-bond acceptors (Lipinski definition) is 7. The van der Waals surface area contributed by atoms with E-state index in [0.29, 0.717) is 0 Å². The first kappa shape index (κ1) is 17.3. The molecule has 8 heteroatoms. The third kappa shape index (κ3) is 1.92. The number of halogens is 1. The molecular formula is C17H21ClO7. The SMILES string of the molecule is C=C1C(=O)O[C@H]2[C@H]1[C@@H](OC(C)=O)C[C@@](C)(O)[C@]13O[C@H]1[C@H](Cl)[C@@](C)(O)[C@H]23. The number of carbonyl (C=O) groups is 2. The van der Waals surface area contributed by atoms with Crippen molar-refractivity contribution >= 4 is 23.5 Å². The first-order valence-electron chi connectivity index (χ1n) is 8.29. The molecule has 2 aliphatic carbocycles. The van der Waals surface area contributed by atoms with E-state index in [1.54, 1.807) is 13.8 Å². The van der Waals surface area contributed by atoms with Crippen molar-refractivity contribution in [1.82, 2.24) is 0 Å². The zero-order valence-electron chi connectivity index (χ0n) is 14.2. The maximum atomic E-state index is 12.2. The molecule has 2 heterocycles. The minimum atomic E-state index is -1.44. The normalized spacial score (nSPS) is 56.4. The number of rotatable bonds is 1. The topological polar surface area (TPSA) is 106 Å². The fourth-order valence-corrected chi connectivity index (χ4v) is 5.66. The summed E-state index contributed by atoms with van der Waals surface area (Å²) in [5.41, 5.74) is -3.87. The predicted octanol–water partition coefficient (Wildman–Crippen LogP) is 0.296. The van der Waals surface area contributed by atoms with Crippen molar-refractivity contribution in [3.8, 4) is 0 Å². The maximum Gasteiger partial charge on any atom is 0.334 e. The van der Waals surface area contributed by atoms with Gasteiger partial charge in [0.05, 0.1) is 28.4 Å². The molecule has 0 unspecified atom stereocenters. The minimum absolute atomic E-state index is 0.0239. The minimum Gasteiger partial charge on any atom is -0.462 e. The Kier molecular flexibility index (Phi) is 3.29. The molecule has 1 spiro atoms. The second-order valence-electron chi connectivity index (χ2n) is 7.98. The zero-order chi connectivity index (χ0) is 18.5. The van der Waals surface area contributed by atoms with E-state index < -0.39 is 64.3 Å². The van der Waals surface area contributed by atoms with Crippen LogP contribution in [0.15, 0.2) is 12.2 Å². The number of aliphatic hydroxyl groups is 2. The van der Waals surface area contributed by atoms with Crippen LogP contribution in [0.5, 0.6) is 0 Å². The van der Waals surface area contributed by atoms with Crippen molar-refractivity contribution in [2.75, 3.05) is 0 Å². The van der Waals surface area contributed by atoms with Crippen LogP contribution < -0.4 is 0 Å². The molecule has 0 aromatic carbocycles. The molecule has 2 aliphatic heterocycles. The van der Waals surface area contributed by atoms with E-state index >= 15 is 0 Å². The monoisotopic (exact) mass is 372 g/mol. The van der Waals surface area contributed by atoms with Crippen LogP contribution in [0.25, 0.3) is 0 Å². The quantitative estimate of drug-likeness (QED) is 0.295. The number of carbonyl (C=O) groups excluding carboxylic acids is 2. The van der Waals surface area contributed by atoms with Gasteiger partial charge in [0, 0.05) is 18.9 Å². The van der Waals surface area contributed by atoms with Crippen molar-refractivity contribution in [2.45, 2.75) is 67.7 Å². The molecular weight excluding hydrogens is 352 g/mol. The smallest absolute Gasteiger partial charge is 0.334 e. The largest absolute Gasteiger partial charge is 0.462 e. The van der Waals surface area contributed by atoms with Gasteiger partial charge in [0.2, 0.25) is 0 Å². The van der Waals surface area contributed by atoms with E-state index in [4.69, 9.17) is 25.8 Å². The fourth-order valence-electron chi connectivity index (χ4n) is 5.29. The number of esters is 2. The molecule has 0 bridgehead atoms. The van der Waals surface area contributed by atoms with Gasteiger partial charge < -0.3 is 24.4 Å². The molecule has 9 atom stereocenters. The van der Waals surface area contributed by atoms with Crippen molar-refractivity contribution in [3.05, 3.63) is 12.2 Å². The second kappa shape index (κ2) is 4.76. The highest BCUT2D eigenvalue weighted by Crippen LogP contribution is 2.69. The summed E-state index contributed by atoms with van der Waals surface area (Å²) < 4.78 is 16.7. The lowest BCUT2D eigenvalue weighted by molar-refractivity contribution is -0.159. The number of epoxide rings is 1. The Morgan fingerprint density at radius 3 is 2.64 bits per heavy atom. The van der Waals surface area contributed by atoms with Gasteiger partial charge in [-0.2, -0.15) is 0 Å². The second-order valence-corrected chi connectivity index (χ2v) is 8.45. The van der Waals surface area contributed by atoms with Crippen molar-refractivity contribution in [2.24, 2.45) is 11.8 Å². The summed E-state index contributed by atoms with van der Waals surface area (Å²) in [6.45, 7) is 8.17. The molecule has 0 aromatic rings. The fraction of sp³-hybridized carbons (Fsp3) is 0.765. The van der Waals surface area contributed by atoms with Crippen molar-refractivity contribution in [3.63, 3.8) is 0 Å². The van der Waals surface area contributed by atoms with Crippen molar-refractivity contribution in [1.29, 1.82) is 0 Å². The van der Waals surface area contributed by atoms with E-state index in [9.17, 15) is 19.8 Å². The summed E-state index contributed by atoms with van der Waals surface area (Å²) in [6.07, 6.45) is -2.21. The molecule has 2 N–H and O–H groups in total. The summed E-state index contributed by atoms with van der Waals surface area (Å²) in [5.74, 6) is -2.58. The number of fused-ring (bicyclic) bond motifs is 2. The Bertz CT molecular complexity index is 686. The Morgan fingerprint density at radius 1 is 1.40 bits per heavy atom. The molecule has 4 aliphatic rings.